The highest BCUT2D eigenvalue weighted by Crippen LogP contribution is 2.29. The zero-order chi connectivity index (χ0) is 10.8. The molecule has 7 heteroatoms. The van der Waals surface area contributed by atoms with Crippen molar-refractivity contribution in [3.8, 4) is 0 Å². The molecule has 1 aromatic rings. The van der Waals surface area contributed by atoms with Crippen LogP contribution in [0.25, 0.3) is 0 Å². The summed E-state index contributed by atoms with van der Waals surface area (Å²) in [5.74, 6) is 0. The standard InChI is InChI=1S/C7H11BrN2O2S2/c1-10(4-3-9)14(11,12)7-6(8)2-5-13-7/h2,5H,3-4,9H2,1H3. The van der Waals surface area contributed by atoms with Gasteiger partial charge in [0, 0.05) is 24.6 Å². The van der Waals surface area contributed by atoms with Gasteiger partial charge in [-0.25, -0.2) is 8.42 Å². The molecule has 0 saturated carbocycles. The van der Waals surface area contributed by atoms with Crippen molar-refractivity contribution in [2.24, 2.45) is 5.73 Å². The third kappa shape index (κ3) is 2.34. The Balaban J connectivity index is 3.03. The smallest absolute Gasteiger partial charge is 0.253 e. The maximum Gasteiger partial charge on any atom is 0.253 e. The van der Waals surface area contributed by atoms with Crippen LogP contribution in [0.4, 0.5) is 0 Å². The third-order valence-electron chi connectivity index (χ3n) is 1.67. The van der Waals surface area contributed by atoms with Crippen LogP contribution < -0.4 is 5.73 Å². The van der Waals surface area contributed by atoms with Gasteiger partial charge in [0.25, 0.3) is 10.0 Å². The van der Waals surface area contributed by atoms with Gasteiger partial charge in [0.2, 0.25) is 0 Å². The minimum absolute atomic E-state index is 0.318. The summed E-state index contributed by atoms with van der Waals surface area (Å²) in [5, 5.41) is 1.73. The maximum atomic E-state index is 11.9. The number of hydrogen-bond acceptors (Lipinski definition) is 4. The molecule has 0 saturated heterocycles. The quantitative estimate of drug-likeness (QED) is 0.905. The molecule has 0 aliphatic heterocycles. The van der Waals surface area contributed by atoms with Crippen LogP contribution in [0.5, 0.6) is 0 Å². The van der Waals surface area contributed by atoms with Crippen molar-refractivity contribution in [3.05, 3.63) is 15.9 Å². The minimum Gasteiger partial charge on any atom is -0.329 e. The molecule has 14 heavy (non-hydrogen) atoms. The first-order valence-electron chi connectivity index (χ1n) is 3.89. The first-order chi connectivity index (χ1) is 6.50. The largest absolute Gasteiger partial charge is 0.329 e. The molecule has 80 valence electrons. The van der Waals surface area contributed by atoms with Gasteiger partial charge in [-0.3, -0.25) is 0 Å². The average Bonchev–Trinajstić information content (AvgIpc) is 2.52. The summed E-state index contributed by atoms with van der Waals surface area (Å²) in [4.78, 5) is 0. The molecule has 0 aromatic carbocycles. The van der Waals surface area contributed by atoms with Gasteiger partial charge in [0.15, 0.2) is 0 Å². The summed E-state index contributed by atoms with van der Waals surface area (Å²) >= 11 is 4.39. The molecule has 0 unspecified atom stereocenters. The van der Waals surface area contributed by atoms with Gasteiger partial charge in [-0.2, -0.15) is 4.31 Å². The molecule has 0 aliphatic carbocycles. The SMILES string of the molecule is CN(CCN)S(=O)(=O)c1sccc1Br. The molecule has 0 spiro atoms. The van der Waals surface area contributed by atoms with E-state index < -0.39 is 10.0 Å². The lowest BCUT2D eigenvalue weighted by Gasteiger charge is -2.14. The van der Waals surface area contributed by atoms with Crippen molar-refractivity contribution in [3.63, 3.8) is 0 Å². The van der Waals surface area contributed by atoms with E-state index in [-0.39, 0.29) is 0 Å². The molecule has 0 radical (unpaired) electrons. The van der Waals surface area contributed by atoms with E-state index in [0.717, 1.165) is 0 Å². The lowest BCUT2D eigenvalue weighted by Crippen LogP contribution is -2.31. The molecule has 1 rings (SSSR count). The van der Waals surface area contributed by atoms with Gasteiger partial charge in [-0.1, -0.05) is 0 Å². The van der Waals surface area contributed by atoms with E-state index in [1.165, 1.54) is 22.7 Å². The molecule has 1 heterocycles. The van der Waals surface area contributed by atoms with Crippen LogP contribution in [0.15, 0.2) is 20.1 Å². The minimum atomic E-state index is -3.36. The molecule has 0 atom stereocenters. The van der Waals surface area contributed by atoms with Crippen LogP contribution in [-0.2, 0) is 10.0 Å². The van der Waals surface area contributed by atoms with E-state index in [1.807, 2.05) is 0 Å². The van der Waals surface area contributed by atoms with E-state index in [1.54, 1.807) is 11.4 Å². The fourth-order valence-electron chi connectivity index (χ4n) is 0.907. The normalized spacial score (nSPS) is 12.3. The Bertz CT molecular complexity index is 402. The number of nitrogens with two attached hydrogens (primary N) is 1. The van der Waals surface area contributed by atoms with E-state index in [4.69, 9.17) is 5.73 Å². The Morgan fingerprint density at radius 1 is 1.64 bits per heavy atom. The number of halogens is 1. The molecular weight excluding hydrogens is 288 g/mol. The van der Waals surface area contributed by atoms with Gasteiger partial charge in [-0.15, -0.1) is 11.3 Å². The van der Waals surface area contributed by atoms with Crippen LogP contribution in [0.3, 0.4) is 0 Å². The van der Waals surface area contributed by atoms with Crippen molar-refractivity contribution >= 4 is 37.3 Å². The fraction of sp³-hybridized carbons (Fsp3) is 0.429. The summed E-state index contributed by atoms with van der Waals surface area (Å²) in [6.07, 6.45) is 0. The van der Waals surface area contributed by atoms with Gasteiger partial charge in [0.1, 0.15) is 4.21 Å². The number of nitrogens with zero attached hydrogens (tertiary/aromatic N) is 1. The van der Waals surface area contributed by atoms with Crippen molar-refractivity contribution in [1.29, 1.82) is 0 Å². The van der Waals surface area contributed by atoms with Crippen LogP contribution in [0, 0.1) is 0 Å². The summed E-state index contributed by atoms with van der Waals surface area (Å²) in [7, 11) is -1.84. The van der Waals surface area contributed by atoms with E-state index in [0.29, 0.717) is 21.8 Å². The van der Waals surface area contributed by atoms with Crippen molar-refractivity contribution in [1.82, 2.24) is 4.31 Å². The fourth-order valence-corrected chi connectivity index (χ4v) is 4.60. The zero-order valence-corrected chi connectivity index (χ0v) is 10.8. The first-order valence-corrected chi connectivity index (χ1v) is 7.01. The van der Waals surface area contributed by atoms with Crippen LogP contribution in [-0.4, -0.2) is 32.9 Å². The first kappa shape index (κ1) is 12.1. The lowest BCUT2D eigenvalue weighted by atomic mass is 10.7. The molecule has 0 bridgehead atoms. The Kier molecular flexibility index (Phi) is 4.08. The Labute approximate surface area is 95.9 Å². The molecule has 1 aromatic heterocycles. The van der Waals surface area contributed by atoms with Crippen molar-refractivity contribution in [2.75, 3.05) is 20.1 Å². The molecular formula is C7H11BrN2O2S2. The Morgan fingerprint density at radius 2 is 2.29 bits per heavy atom. The second-order valence-electron chi connectivity index (χ2n) is 2.67. The second-order valence-corrected chi connectivity index (χ2v) is 6.68. The number of sulfonamides is 1. The Morgan fingerprint density at radius 3 is 2.71 bits per heavy atom. The molecule has 4 nitrogen and oxygen atoms in total. The number of thiophene rings is 1. The van der Waals surface area contributed by atoms with E-state index in [2.05, 4.69) is 15.9 Å². The second kappa shape index (κ2) is 4.71. The predicted octanol–water partition coefficient (Wildman–Crippen LogP) is 1.09. The highest BCUT2D eigenvalue weighted by Gasteiger charge is 2.23. The highest BCUT2D eigenvalue weighted by molar-refractivity contribution is 9.10. The van der Waals surface area contributed by atoms with Crippen molar-refractivity contribution in [2.45, 2.75) is 4.21 Å². The lowest BCUT2D eigenvalue weighted by molar-refractivity contribution is 0.478. The van der Waals surface area contributed by atoms with Crippen LogP contribution in [0.2, 0.25) is 0 Å². The van der Waals surface area contributed by atoms with E-state index in [9.17, 15) is 8.42 Å². The third-order valence-corrected chi connectivity index (χ3v) is 6.18. The van der Waals surface area contributed by atoms with Gasteiger partial charge < -0.3 is 5.73 Å². The molecule has 0 fully saturated rings. The maximum absolute atomic E-state index is 11.9. The number of likely N-dealkylation sites (N-methyl/N-ethyl adjacent to an activating group) is 1. The zero-order valence-electron chi connectivity index (χ0n) is 7.60. The van der Waals surface area contributed by atoms with Crippen LogP contribution >= 0.6 is 27.3 Å². The van der Waals surface area contributed by atoms with Gasteiger partial charge >= 0.3 is 0 Å². The van der Waals surface area contributed by atoms with Crippen molar-refractivity contribution < 1.29 is 8.42 Å². The molecule has 2 N–H and O–H groups in total. The summed E-state index contributed by atoms with van der Waals surface area (Å²) in [6.45, 7) is 0.644. The monoisotopic (exact) mass is 298 g/mol. The highest BCUT2D eigenvalue weighted by atomic mass is 79.9. The Hall–Kier alpha value is 0.0500. The average molecular weight is 299 g/mol. The number of rotatable bonds is 4. The number of hydrogen-bond donors (Lipinski definition) is 1. The van der Waals surface area contributed by atoms with Gasteiger partial charge in [-0.05, 0) is 27.4 Å². The van der Waals surface area contributed by atoms with Gasteiger partial charge in [0.05, 0.1) is 0 Å². The predicted molar refractivity (Wildman–Crippen MR) is 60.9 cm³/mol. The van der Waals surface area contributed by atoms with E-state index >= 15 is 0 Å². The summed E-state index contributed by atoms with van der Waals surface area (Å²) < 4.78 is 25.9. The van der Waals surface area contributed by atoms with Crippen LogP contribution in [0.1, 0.15) is 0 Å². The molecule has 0 amide bonds. The molecule has 0 aliphatic rings. The topological polar surface area (TPSA) is 63.4 Å². The summed E-state index contributed by atoms with van der Waals surface area (Å²) in [5.41, 5.74) is 5.30. The summed E-state index contributed by atoms with van der Waals surface area (Å²) in [6, 6.07) is 1.72.